The van der Waals surface area contributed by atoms with Crippen molar-refractivity contribution in [2.75, 3.05) is 46.6 Å². The van der Waals surface area contributed by atoms with Gasteiger partial charge < -0.3 is 24.2 Å². The van der Waals surface area contributed by atoms with E-state index in [-0.39, 0.29) is 33.0 Å². The number of halogens is 1. The topological polar surface area (TPSA) is 106 Å². The summed E-state index contributed by atoms with van der Waals surface area (Å²) in [5, 5.41) is 9.78. The summed E-state index contributed by atoms with van der Waals surface area (Å²) in [6, 6.07) is 4.61. The van der Waals surface area contributed by atoms with Crippen LogP contribution in [-0.4, -0.2) is 85.0 Å². The highest BCUT2D eigenvalue weighted by Gasteiger charge is 2.56. The molecule has 0 aromatic heterocycles. The molecule has 3 rings (SSSR count). The Labute approximate surface area is 160 Å². The van der Waals surface area contributed by atoms with Gasteiger partial charge in [0.05, 0.1) is 39.6 Å². The predicted octanol–water partition coefficient (Wildman–Crippen LogP) is 0.648. The molecule has 9 nitrogen and oxygen atoms in total. The summed E-state index contributed by atoms with van der Waals surface area (Å²) < 4.78 is 29.3. The number of carbonyl (C=O) groups excluding carboxylic acids is 2. The number of carbonyl (C=O) groups is 3. The summed E-state index contributed by atoms with van der Waals surface area (Å²) in [7, 11) is 1.19. The van der Waals surface area contributed by atoms with Crippen LogP contribution < -0.4 is 0 Å². The highest BCUT2D eigenvalue weighted by atomic mass is 19.1. The van der Waals surface area contributed by atoms with Gasteiger partial charge in [-0.25, -0.2) is 9.18 Å². The molecule has 1 aromatic rings. The van der Waals surface area contributed by atoms with E-state index in [4.69, 9.17) is 9.47 Å². The van der Waals surface area contributed by atoms with E-state index in [0.717, 1.165) is 4.90 Å². The second-order valence-electron chi connectivity index (χ2n) is 6.61. The Hall–Kier alpha value is -2.72. The lowest BCUT2D eigenvalue weighted by atomic mass is 9.89. The minimum absolute atomic E-state index is 0.172. The fraction of sp³-hybridized carbons (Fsp3) is 0.500. The van der Waals surface area contributed by atoms with Crippen molar-refractivity contribution in [3.05, 3.63) is 35.6 Å². The Kier molecular flexibility index (Phi) is 5.80. The zero-order valence-corrected chi connectivity index (χ0v) is 15.3. The molecule has 2 aliphatic heterocycles. The maximum atomic E-state index is 13.8. The standard InChI is InChI=1S/C18H21FN2O7/c1-26-15(22)9-20-14(12-3-2-4-13(19)7-12)8-21(17(24)25)18(16(20)23)10-27-5-6-28-11-18/h2-4,7,14H,5-6,8-11H2,1H3,(H,24,25). The number of piperazine rings is 1. The second kappa shape index (κ2) is 8.11. The minimum Gasteiger partial charge on any atom is -0.468 e. The molecule has 1 aromatic carbocycles. The molecule has 1 unspecified atom stereocenters. The van der Waals surface area contributed by atoms with Gasteiger partial charge >= 0.3 is 12.1 Å². The highest BCUT2D eigenvalue weighted by molar-refractivity contribution is 5.93. The Morgan fingerprint density at radius 3 is 2.57 bits per heavy atom. The summed E-state index contributed by atoms with van der Waals surface area (Å²) >= 11 is 0. The van der Waals surface area contributed by atoms with Crippen LogP contribution in [0, 0.1) is 5.82 Å². The molecule has 2 heterocycles. The first-order chi connectivity index (χ1) is 13.4. The maximum absolute atomic E-state index is 13.8. The van der Waals surface area contributed by atoms with Crippen molar-refractivity contribution < 1.29 is 38.1 Å². The smallest absolute Gasteiger partial charge is 0.408 e. The quantitative estimate of drug-likeness (QED) is 0.748. The molecule has 0 saturated carbocycles. The van der Waals surface area contributed by atoms with Crippen LogP contribution in [0.2, 0.25) is 0 Å². The van der Waals surface area contributed by atoms with Gasteiger partial charge in [0.25, 0.3) is 5.91 Å². The van der Waals surface area contributed by atoms with Crippen molar-refractivity contribution in [1.82, 2.24) is 9.80 Å². The average Bonchev–Trinajstić information content (AvgIpc) is 2.92. The number of esters is 1. The number of benzene rings is 1. The lowest BCUT2D eigenvalue weighted by Gasteiger charge is -2.50. The van der Waals surface area contributed by atoms with Gasteiger partial charge in [0.1, 0.15) is 12.4 Å². The Bertz CT molecular complexity index is 764. The summed E-state index contributed by atoms with van der Waals surface area (Å²) in [6.45, 7) is -0.559. The minimum atomic E-state index is -1.62. The molecule has 28 heavy (non-hydrogen) atoms. The van der Waals surface area contributed by atoms with Gasteiger partial charge in [0, 0.05) is 6.54 Å². The predicted molar refractivity (Wildman–Crippen MR) is 92.0 cm³/mol. The van der Waals surface area contributed by atoms with E-state index in [1.807, 2.05) is 0 Å². The summed E-state index contributed by atoms with van der Waals surface area (Å²) in [4.78, 5) is 39.6. The molecule has 1 spiro atoms. The number of hydrogen-bond donors (Lipinski definition) is 1. The van der Waals surface area contributed by atoms with Crippen molar-refractivity contribution in [2.45, 2.75) is 11.6 Å². The van der Waals surface area contributed by atoms with Crippen molar-refractivity contribution >= 4 is 18.0 Å². The molecule has 2 amide bonds. The molecule has 0 radical (unpaired) electrons. The third-order valence-electron chi connectivity index (χ3n) is 4.95. The zero-order chi connectivity index (χ0) is 20.3. The van der Waals surface area contributed by atoms with Gasteiger partial charge in [-0.15, -0.1) is 0 Å². The largest absolute Gasteiger partial charge is 0.468 e. The van der Waals surface area contributed by atoms with Crippen LogP contribution in [0.25, 0.3) is 0 Å². The van der Waals surface area contributed by atoms with E-state index in [9.17, 15) is 23.9 Å². The normalized spacial score (nSPS) is 22.1. The molecular formula is C18H21FN2O7. The Morgan fingerprint density at radius 2 is 2.00 bits per heavy atom. The van der Waals surface area contributed by atoms with Crippen LogP contribution in [0.5, 0.6) is 0 Å². The molecular weight excluding hydrogens is 375 g/mol. The molecule has 0 bridgehead atoms. The first-order valence-corrected chi connectivity index (χ1v) is 8.68. The van der Waals surface area contributed by atoms with Crippen LogP contribution >= 0.6 is 0 Å². The van der Waals surface area contributed by atoms with E-state index < -0.39 is 41.9 Å². The monoisotopic (exact) mass is 396 g/mol. The summed E-state index contributed by atoms with van der Waals surface area (Å²) in [5.74, 6) is -1.86. The molecule has 1 atom stereocenters. The van der Waals surface area contributed by atoms with Crippen molar-refractivity contribution in [1.29, 1.82) is 0 Å². The molecule has 2 saturated heterocycles. The van der Waals surface area contributed by atoms with Crippen LogP contribution in [0.15, 0.2) is 24.3 Å². The number of ether oxygens (including phenoxy) is 3. The van der Waals surface area contributed by atoms with Crippen molar-refractivity contribution in [2.24, 2.45) is 0 Å². The first-order valence-electron chi connectivity index (χ1n) is 8.68. The van der Waals surface area contributed by atoms with E-state index in [2.05, 4.69) is 4.74 Å². The van der Waals surface area contributed by atoms with E-state index in [1.54, 1.807) is 6.07 Å². The second-order valence-corrected chi connectivity index (χ2v) is 6.61. The number of nitrogens with zero attached hydrogens (tertiary/aromatic N) is 2. The van der Waals surface area contributed by atoms with Crippen LogP contribution in [0.1, 0.15) is 11.6 Å². The van der Waals surface area contributed by atoms with Crippen LogP contribution in [0.4, 0.5) is 9.18 Å². The number of hydrogen-bond acceptors (Lipinski definition) is 6. The summed E-state index contributed by atoms with van der Waals surface area (Å²) in [5.41, 5.74) is -1.26. The van der Waals surface area contributed by atoms with Crippen molar-refractivity contribution in [3.8, 4) is 0 Å². The molecule has 2 aliphatic rings. The van der Waals surface area contributed by atoms with E-state index in [1.165, 1.54) is 30.2 Å². The molecule has 0 aliphatic carbocycles. The molecule has 10 heteroatoms. The lowest BCUT2D eigenvalue weighted by Crippen LogP contribution is -2.71. The van der Waals surface area contributed by atoms with Gasteiger partial charge in [-0.2, -0.15) is 0 Å². The average molecular weight is 396 g/mol. The van der Waals surface area contributed by atoms with Gasteiger partial charge in [-0.05, 0) is 17.7 Å². The summed E-state index contributed by atoms with van der Waals surface area (Å²) in [6.07, 6.45) is -1.33. The number of methoxy groups -OCH3 is 1. The Balaban J connectivity index is 2.06. The van der Waals surface area contributed by atoms with Gasteiger partial charge in [-0.1, -0.05) is 12.1 Å². The fourth-order valence-corrected chi connectivity index (χ4v) is 3.54. The SMILES string of the molecule is COC(=O)CN1C(=O)C2(COCCOC2)N(C(=O)O)CC1c1cccc(F)c1. The molecule has 2 fully saturated rings. The van der Waals surface area contributed by atoms with E-state index in [0.29, 0.717) is 5.56 Å². The Morgan fingerprint density at radius 1 is 1.32 bits per heavy atom. The number of rotatable bonds is 3. The molecule has 1 N–H and O–H groups in total. The highest BCUT2D eigenvalue weighted by Crippen LogP contribution is 2.36. The number of amides is 2. The zero-order valence-electron chi connectivity index (χ0n) is 15.3. The van der Waals surface area contributed by atoms with Crippen molar-refractivity contribution in [3.63, 3.8) is 0 Å². The van der Waals surface area contributed by atoms with Crippen LogP contribution in [-0.2, 0) is 23.8 Å². The fourth-order valence-electron chi connectivity index (χ4n) is 3.54. The van der Waals surface area contributed by atoms with Gasteiger partial charge in [0.15, 0.2) is 5.54 Å². The third kappa shape index (κ3) is 3.65. The van der Waals surface area contributed by atoms with Gasteiger partial charge in [-0.3, -0.25) is 14.5 Å². The first kappa shape index (κ1) is 20.0. The number of carboxylic acid groups (broad SMARTS) is 1. The lowest BCUT2D eigenvalue weighted by molar-refractivity contribution is -0.167. The van der Waals surface area contributed by atoms with Crippen LogP contribution in [0.3, 0.4) is 0 Å². The maximum Gasteiger partial charge on any atom is 0.408 e. The van der Waals surface area contributed by atoms with E-state index >= 15 is 0 Å². The molecule has 152 valence electrons. The third-order valence-corrected chi connectivity index (χ3v) is 4.95. The van der Waals surface area contributed by atoms with Gasteiger partial charge in [0.2, 0.25) is 0 Å².